The van der Waals surface area contributed by atoms with Crippen LogP contribution >= 0.6 is 11.6 Å². The largest absolute Gasteiger partial charge is 0.493 e. The molecule has 3 aromatic carbocycles. The van der Waals surface area contributed by atoms with Crippen LogP contribution in [0.25, 0.3) is 16.5 Å². The summed E-state index contributed by atoms with van der Waals surface area (Å²) in [6.07, 6.45) is 0.430. The molecule has 1 aromatic heterocycles. The molecule has 0 unspecified atom stereocenters. The van der Waals surface area contributed by atoms with Crippen molar-refractivity contribution in [3.8, 4) is 11.6 Å². The van der Waals surface area contributed by atoms with E-state index in [1.54, 1.807) is 24.3 Å². The van der Waals surface area contributed by atoms with Crippen LogP contribution in [0.3, 0.4) is 0 Å². The van der Waals surface area contributed by atoms with Gasteiger partial charge in [0.15, 0.2) is 0 Å². The first-order chi connectivity index (χ1) is 12.1. The first kappa shape index (κ1) is 15.5. The molecular weight excluding hydrogens is 336 g/mol. The summed E-state index contributed by atoms with van der Waals surface area (Å²) in [6.45, 7) is 0. The van der Waals surface area contributed by atoms with E-state index in [1.165, 1.54) is 4.57 Å². The van der Waals surface area contributed by atoms with E-state index >= 15 is 0 Å². The molecule has 0 radical (unpaired) electrons. The molecule has 4 aromatic rings. The fourth-order valence-electron chi connectivity index (χ4n) is 3.00. The molecule has 2 N–H and O–H groups in total. The molecule has 25 heavy (non-hydrogen) atoms. The summed E-state index contributed by atoms with van der Waals surface area (Å²) in [5.41, 5.74) is 1.61. The van der Waals surface area contributed by atoms with Crippen LogP contribution in [0.1, 0.15) is 11.3 Å². The second kappa shape index (κ2) is 6.15. The summed E-state index contributed by atoms with van der Waals surface area (Å²) < 4.78 is 1.22. The number of hydrogen-bond acceptors (Lipinski definition) is 2. The molecule has 0 saturated heterocycles. The minimum atomic E-state index is -0.393. The average Bonchev–Trinajstić information content (AvgIpc) is 2.88. The number of aromatic nitrogens is 2. The van der Waals surface area contributed by atoms with Gasteiger partial charge in [-0.25, -0.2) is 9.36 Å². The zero-order valence-electron chi connectivity index (χ0n) is 13.2. The van der Waals surface area contributed by atoms with Crippen molar-refractivity contribution in [3.63, 3.8) is 0 Å². The lowest BCUT2D eigenvalue weighted by Gasteiger charge is -2.05. The topological polar surface area (TPSA) is 58.0 Å². The van der Waals surface area contributed by atoms with Crippen LogP contribution in [0, 0.1) is 0 Å². The molecular formula is C20H15ClN2O2. The number of imidazole rings is 1. The summed E-state index contributed by atoms with van der Waals surface area (Å²) in [7, 11) is 0. The summed E-state index contributed by atoms with van der Waals surface area (Å²) in [6, 6.07) is 21.0. The van der Waals surface area contributed by atoms with E-state index in [0.717, 1.165) is 16.3 Å². The van der Waals surface area contributed by atoms with E-state index in [9.17, 15) is 9.90 Å². The smallest absolute Gasteiger partial charge is 0.333 e. The number of nitrogens with one attached hydrogen (secondary N) is 1. The molecule has 0 aliphatic carbocycles. The van der Waals surface area contributed by atoms with Gasteiger partial charge >= 0.3 is 5.69 Å². The third-order valence-electron chi connectivity index (χ3n) is 4.20. The molecule has 0 fully saturated rings. The van der Waals surface area contributed by atoms with Crippen LogP contribution in [-0.2, 0) is 6.42 Å². The molecule has 0 aliphatic rings. The van der Waals surface area contributed by atoms with Crippen LogP contribution in [0.15, 0.2) is 71.5 Å². The summed E-state index contributed by atoms with van der Waals surface area (Å²) in [5.74, 6) is -0.0968. The Balaban J connectivity index is 1.74. The van der Waals surface area contributed by atoms with Crippen molar-refractivity contribution in [1.29, 1.82) is 0 Å². The maximum atomic E-state index is 12.3. The summed E-state index contributed by atoms with van der Waals surface area (Å²) in [5, 5.41) is 13.3. The Morgan fingerprint density at radius 3 is 2.56 bits per heavy atom. The third-order valence-corrected chi connectivity index (χ3v) is 4.44. The Labute approximate surface area is 148 Å². The van der Waals surface area contributed by atoms with Crippen molar-refractivity contribution >= 4 is 22.4 Å². The van der Waals surface area contributed by atoms with Gasteiger partial charge in [-0.1, -0.05) is 60.1 Å². The van der Waals surface area contributed by atoms with Crippen molar-refractivity contribution in [3.05, 3.63) is 93.5 Å². The fraction of sp³-hybridized carbons (Fsp3) is 0.0500. The number of H-pyrrole nitrogens is 1. The predicted octanol–water partition coefficient (Wildman–Crippen LogP) is 4.27. The third kappa shape index (κ3) is 2.92. The highest BCUT2D eigenvalue weighted by atomic mass is 35.5. The molecule has 4 nitrogen and oxygen atoms in total. The standard InChI is InChI=1S/C20H15ClN2O2/c21-16-6-3-7-17(12-16)23-19(24)18(22-20(23)25)11-13-8-9-14-4-1-2-5-15(14)10-13/h1-10,12,24H,11H2,(H,22,25). The molecule has 0 atom stereocenters. The number of aromatic hydroxyl groups is 1. The van der Waals surface area contributed by atoms with E-state index in [0.29, 0.717) is 22.8 Å². The molecule has 0 saturated carbocycles. The van der Waals surface area contributed by atoms with Crippen LogP contribution in [0.4, 0.5) is 0 Å². The molecule has 5 heteroatoms. The highest BCUT2D eigenvalue weighted by Gasteiger charge is 2.15. The van der Waals surface area contributed by atoms with E-state index in [4.69, 9.17) is 11.6 Å². The van der Waals surface area contributed by atoms with Crippen LogP contribution in [0.2, 0.25) is 5.02 Å². The van der Waals surface area contributed by atoms with Gasteiger partial charge in [0.05, 0.1) is 11.4 Å². The second-order valence-corrected chi connectivity index (χ2v) is 6.34. The minimum Gasteiger partial charge on any atom is -0.493 e. The monoisotopic (exact) mass is 350 g/mol. The second-order valence-electron chi connectivity index (χ2n) is 5.91. The normalized spacial score (nSPS) is 11.1. The van der Waals surface area contributed by atoms with Crippen molar-refractivity contribution in [2.75, 3.05) is 0 Å². The average molecular weight is 351 g/mol. The quantitative estimate of drug-likeness (QED) is 0.579. The molecule has 4 rings (SSSR count). The van der Waals surface area contributed by atoms with Crippen molar-refractivity contribution < 1.29 is 5.11 Å². The lowest BCUT2D eigenvalue weighted by Crippen LogP contribution is -2.14. The first-order valence-electron chi connectivity index (χ1n) is 7.88. The molecule has 0 spiro atoms. The number of aromatic amines is 1. The van der Waals surface area contributed by atoms with Crippen molar-refractivity contribution in [1.82, 2.24) is 9.55 Å². The highest BCUT2D eigenvalue weighted by Crippen LogP contribution is 2.24. The van der Waals surface area contributed by atoms with Gasteiger partial charge in [0.2, 0.25) is 5.88 Å². The van der Waals surface area contributed by atoms with Crippen molar-refractivity contribution in [2.45, 2.75) is 6.42 Å². The van der Waals surface area contributed by atoms with Gasteiger partial charge in [-0.2, -0.15) is 0 Å². The van der Waals surface area contributed by atoms with Gasteiger partial charge in [0.25, 0.3) is 0 Å². The maximum Gasteiger partial charge on any atom is 0.333 e. The fourth-order valence-corrected chi connectivity index (χ4v) is 3.19. The number of nitrogens with zero attached hydrogens (tertiary/aromatic N) is 1. The van der Waals surface area contributed by atoms with Gasteiger partial charge < -0.3 is 10.1 Å². The number of hydrogen-bond donors (Lipinski definition) is 2. The van der Waals surface area contributed by atoms with Gasteiger partial charge in [0.1, 0.15) is 0 Å². The van der Waals surface area contributed by atoms with E-state index < -0.39 is 5.69 Å². The Bertz CT molecular complexity index is 1130. The van der Waals surface area contributed by atoms with Gasteiger partial charge in [-0.3, -0.25) is 0 Å². The number of halogens is 1. The van der Waals surface area contributed by atoms with Gasteiger partial charge in [-0.05, 0) is 34.5 Å². The number of rotatable bonds is 3. The molecule has 1 heterocycles. The lowest BCUT2D eigenvalue weighted by atomic mass is 10.0. The predicted molar refractivity (Wildman–Crippen MR) is 99.8 cm³/mol. The Morgan fingerprint density at radius 2 is 1.76 bits per heavy atom. The molecule has 0 amide bonds. The van der Waals surface area contributed by atoms with E-state index in [1.807, 2.05) is 36.4 Å². The number of fused-ring (bicyclic) bond motifs is 1. The van der Waals surface area contributed by atoms with E-state index in [2.05, 4.69) is 11.1 Å². The number of benzene rings is 3. The Hall–Kier alpha value is -2.98. The Morgan fingerprint density at radius 1 is 0.960 bits per heavy atom. The van der Waals surface area contributed by atoms with Crippen LogP contribution in [0.5, 0.6) is 5.88 Å². The SMILES string of the molecule is O=c1[nH]c(Cc2ccc3ccccc3c2)c(O)n1-c1cccc(Cl)c1. The van der Waals surface area contributed by atoms with Crippen LogP contribution in [-0.4, -0.2) is 14.7 Å². The van der Waals surface area contributed by atoms with E-state index in [-0.39, 0.29) is 5.88 Å². The zero-order valence-corrected chi connectivity index (χ0v) is 14.0. The zero-order chi connectivity index (χ0) is 17.4. The van der Waals surface area contributed by atoms with Gasteiger partial charge in [0, 0.05) is 11.4 Å². The molecule has 0 bridgehead atoms. The Kier molecular flexibility index (Phi) is 3.82. The first-order valence-corrected chi connectivity index (χ1v) is 8.26. The summed E-state index contributed by atoms with van der Waals surface area (Å²) >= 11 is 5.98. The maximum absolute atomic E-state index is 12.3. The highest BCUT2D eigenvalue weighted by molar-refractivity contribution is 6.30. The van der Waals surface area contributed by atoms with Crippen LogP contribution < -0.4 is 5.69 Å². The molecule has 124 valence electrons. The minimum absolute atomic E-state index is 0.0968. The molecule has 0 aliphatic heterocycles. The summed E-state index contributed by atoms with van der Waals surface area (Å²) in [4.78, 5) is 15.0. The lowest BCUT2D eigenvalue weighted by molar-refractivity contribution is 0.435. The van der Waals surface area contributed by atoms with Crippen molar-refractivity contribution in [2.24, 2.45) is 0 Å². The van der Waals surface area contributed by atoms with Gasteiger partial charge in [-0.15, -0.1) is 0 Å².